The highest BCUT2D eigenvalue weighted by Crippen LogP contribution is 2.29. The maximum Gasteiger partial charge on any atom is 0.241 e. The first-order valence-corrected chi connectivity index (χ1v) is 11.6. The molecule has 5 nitrogen and oxygen atoms in total. The Bertz CT molecular complexity index is 1000. The molecular formula is C23H30N2O3S. The Morgan fingerprint density at radius 3 is 2.41 bits per heavy atom. The van der Waals surface area contributed by atoms with Gasteiger partial charge in [0.25, 0.3) is 0 Å². The highest BCUT2D eigenvalue weighted by molar-refractivity contribution is 7.89. The summed E-state index contributed by atoms with van der Waals surface area (Å²) in [6.45, 7) is 7.55. The quantitative estimate of drug-likeness (QED) is 0.755. The van der Waals surface area contributed by atoms with E-state index in [2.05, 4.69) is 22.2 Å². The summed E-state index contributed by atoms with van der Waals surface area (Å²) in [5.41, 5.74) is 5.86. The second-order valence-corrected chi connectivity index (χ2v) is 9.65. The topological polar surface area (TPSA) is 75.3 Å². The molecule has 0 fully saturated rings. The Balaban J connectivity index is 1.63. The van der Waals surface area contributed by atoms with Crippen LogP contribution in [-0.4, -0.2) is 20.9 Å². The summed E-state index contributed by atoms with van der Waals surface area (Å²) in [6.07, 6.45) is 3.10. The first kappa shape index (κ1) is 21.5. The van der Waals surface area contributed by atoms with Gasteiger partial charge in [0.1, 0.15) is 0 Å². The molecule has 0 spiro atoms. The van der Waals surface area contributed by atoms with Crippen molar-refractivity contribution in [1.82, 2.24) is 10.0 Å². The molecule has 2 aromatic rings. The van der Waals surface area contributed by atoms with Gasteiger partial charge in [-0.2, -0.15) is 0 Å². The number of aryl methyl sites for hydroxylation is 3. The number of amides is 1. The van der Waals surface area contributed by atoms with Crippen molar-refractivity contribution in [2.24, 2.45) is 0 Å². The molecule has 2 aromatic carbocycles. The van der Waals surface area contributed by atoms with Crippen molar-refractivity contribution in [2.75, 3.05) is 6.54 Å². The molecule has 0 aliphatic heterocycles. The highest BCUT2D eigenvalue weighted by atomic mass is 32.2. The van der Waals surface area contributed by atoms with Crippen molar-refractivity contribution in [2.45, 2.75) is 64.3 Å². The average molecular weight is 415 g/mol. The summed E-state index contributed by atoms with van der Waals surface area (Å²) >= 11 is 0. The lowest BCUT2D eigenvalue weighted by molar-refractivity contribution is -0.121. The molecule has 0 aromatic heterocycles. The zero-order valence-corrected chi connectivity index (χ0v) is 18.4. The number of carbonyl (C=O) groups excluding carboxylic acids is 1. The summed E-state index contributed by atoms with van der Waals surface area (Å²) in [5.74, 6) is -0.136. The van der Waals surface area contributed by atoms with Gasteiger partial charge in [-0.3, -0.25) is 4.79 Å². The van der Waals surface area contributed by atoms with Crippen LogP contribution in [0.5, 0.6) is 0 Å². The van der Waals surface area contributed by atoms with Gasteiger partial charge in [-0.05, 0) is 80.3 Å². The van der Waals surface area contributed by atoms with Crippen LogP contribution >= 0.6 is 0 Å². The van der Waals surface area contributed by atoms with E-state index in [-0.39, 0.29) is 24.9 Å². The number of benzene rings is 2. The smallest absolute Gasteiger partial charge is 0.241 e. The predicted octanol–water partition coefficient (Wildman–Crippen LogP) is 3.78. The van der Waals surface area contributed by atoms with Gasteiger partial charge >= 0.3 is 0 Å². The van der Waals surface area contributed by atoms with Crippen molar-refractivity contribution < 1.29 is 13.2 Å². The molecule has 0 saturated carbocycles. The lowest BCUT2D eigenvalue weighted by atomic mass is 9.88. The molecule has 3 rings (SSSR count). The first-order valence-electron chi connectivity index (χ1n) is 10.1. The van der Waals surface area contributed by atoms with Gasteiger partial charge in [0.05, 0.1) is 10.9 Å². The third-order valence-electron chi connectivity index (χ3n) is 5.91. The molecule has 2 N–H and O–H groups in total. The van der Waals surface area contributed by atoms with Gasteiger partial charge in [0.15, 0.2) is 0 Å². The average Bonchev–Trinajstić information content (AvgIpc) is 2.66. The van der Waals surface area contributed by atoms with Crippen LogP contribution in [0, 0.1) is 27.7 Å². The fourth-order valence-electron chi connectivity index (χ4n) is 4.13. The molecule has 0 unspecified atom stereocenters. The Labute approximate surface area is 174 Å². The summed E-state index contributed by atoms with van der Waals surface area (Å²) in [4.78, 5) is 12.8. The van der Waals surface area contributed by atoms with Crippen LogP contribution in [0.15, 0.2) is 35.2 Å². The van der Waals surface area contributed by atoms with E-state index in [1.54, 1.807) is 0 Å². The zero-order chi connectivity index (χ0) is 21.2. The molecule has 156 valence electrons. The van der Waals surface area contributed by atoms with Crippen LogP contribution in [-0.2, 0) is 21.2 Å². The van der Waals surface area contributed by atoms with Crippen LogP contribution in [0.25, 0.3) is 0 Å². The third kappa shape index (κ3) is 4.70. The number of fused-ring (bicyclic) bond motifs is 1. The van der Waals surface area contributed by atoms with E-state index in [4.69, 9.17) is 0 Å². The molecule has 29 heavy (non-hydrogen) atoms. The van der Waals surface area contributed by atoms with Crippen LogP contribution in [0.3, 0.4) is 0 Å². The first-order chi connectivity index (χ1) is 13.7. The van der Waals surface area contributed by atoms with E-state index in [0.717, 1.165) is 41.5 Å². The molecule has 0 radical (unpaired) electrons. The number of carbonyl (C=O) groups is 1. The molecule has 0 bridgehead atoms. The lowest BCUT2D eigenvalue weighted by Crippen LogP contribution is -2.34. The van der Waals surface area contributed by atoms with Gasteiger partial charge in [0.2, 0.25) is 15.9 Å². The summed E-state index contributed by atoms with van der Waals surface area (Å²) < 4.78 is 28.4. The monoisotopic (exact) mass is 414 g/mol. The number of hydrogen-bond acceptors (Lipinski definition) is 3. The second-order valence-electron chi connectivity index (χ2n) is 7.95. The second kappa shape index (κ2) is 8.67. The zero-order valence-electron chi connectivity index (χ0n) is 17.6. The SMILES string of the molecule is Cc1cc(C)c(C)c(S(=O)(=O)NCCC(=O)N[C@@H]2CCCc3ccccc32)c1C. The minimum atomic E-state index is -3.67. The minimum Gasteiger partial charge on any atom is -0.349 e. The van der Waals surface area contributed by atoms with Gasteiger partial charge in [0, 0.05) is 13.0 Å². The predicted molar refractivity (Wildman–Crippen MR) is 115 cm³/mol. The van der Waals surface area contributed by atoms with Crippen LogP contribution in [0.1, 0.15) is 58.7 Å². The van der Waals surface area contributed by atoms with Crippen molar-refractivity contribution in [3.05, 3.63) is 63.7 Å². The van der Waals surface area contributed by atoms with Crippen molar-refractivity contribution in [3.8, 4) is 0 Å². The number of hydrogen-bond donors (Lipinski definition) is 2. The number of sulfonamides is 1. The highest BCUT2D eigenvalue weighted by Gasteiger charge is 2.23. The fraction of sp³-hybridized carbons (Fsp3) is 0.435. The largest absolute Gasteiger partial charge is 0.349 e. The van der Waals surface area contributed by atoms with Gasteiger partial charge < -0.3 is 5.32 Å². The number of rotatable bonds is 6. The van der Waals surface area contributed by atoms with E-state index in [1.807, 2.05) is 45.9 Å². The van der Waals surface area contributed by atoms with Crippen molar-refractivity contribution in [3.63, 3.8) is 0 Å². The van der Waals surface area contributed by atoms with Crippen LogP contribution in [0.2, 0.25) is 0 Å². The van der Waals surface area contributed by atoms with E-state index >= 15 is 0 Å². The van der Waals surface area contributed by atoms with E-state index in [9.17, 15) is 13.2 Å². The van der Waals surface area contributed by atoms with Crippen LogP contribution < -0.4 is 10.0 Å². The van der Waals surface area contributed by atoms with Gasteiger partial charge in [-0.25, -0.2) is 13.1 Å². The molecule has 1 amide bonds. The molecule has 6 heteroatoms. The van der Waals surface area contributed by atoms with E-state index < -0.39 is 10.0 Å². The molecule has 1 aliphatic rings. The molecule has 1 atom stereocenters. The van der Waals surface area contributed by atoms with Crippen LogP contribution in [0.4, 0.5) is 0 Å². The fourth-order valence-corrected chi connectivity index (χ4v) is 5.77. The lowest BCUT2D eigenvalue weighted by Gasteiger charge is -2.26. The Hall–Kier alpha value is -2.18. The molecule has 0 saturated heterocycles. The Morgan fingerprint density at radius 2 is 1.72 bits per heavy atom. The minimum absolute atomic E-state index is 0.00738. The molecule has 1 aliphatic carbocycles. The Kier molecular flexibility index (Phi) is 6.44. The number of nitrogens with one attached hydrogen (secondary N) is 2. The van der Waals surface area contributed by atoms with Gasteiger partial charge in [-0.15, -0.1) is 0 Å². The molecular weight excluding hydrogens is 384 g/mol. The van der Waals surface area contributed by atoms with E-state index in [0.29, 0.717) is 4.90 Å². The third-order valence-corrected chi connectivity index (χ3v) is 7.65. The maximum atomic E-state index is 12.9. The normalized spacial score (nSPS) is 16.3. The maximum absolute atomic E-state index is 12.9. The van der Waals surface area contributed by atoms with Gasteiger partial charge in [-0.1, -0.05) is 30.3 Å². The van der Waals surface area contributed by atoms with Crippen molar-refractivity contribution in [1.29, 1.82) is 0 Å². The van der Waals surface area contributed by atoms with E-state index in [1.165, 1.54) is 11.1 Å². The Morgan fingerprint density at radius 1 is 1.07 bits per heavy atom. The molecule has 0 heterocycles. The summed E-state index contributed by atoms with van der Waals surface area (Å²) in [6, 6.07) is 10.2. The van der Waals surface area contributed by atoms with Crippen molar-refractivity contribution >= 4 is 15.9 Å². The summed E-state index contributed by atoms with van der Waals surface area (Å²) in [5, 5.41) is 3.07. The summed E-state index contributed by atoms with van der Waals surface area (Å²) in [7, 11) is -3.67. The standard InChI is InChI=1S/C23H30N2O3S/c1-15-14-16(2)18(4)23(17(15)3)29(27,28)24-13-12-22(26)25-21-11-7-9-19-8-5-6-10-20(19)21/h5-6,8,10,14,21,24H,7,9,11-13H2,1-4H3,(H,25,26)/t21-/m1/s1.